The maximum atomic E-state index is 12.8. The molecular formula is C16H22BrN3O. The maximum absolute atomic E-state index is 12.8. The van der Waals surface area contributed by atoms with Crippen LogP contribution in [0.5, 0.6) is 0 Å². The van der Waals surface area contributed by atoms with E-state index in [9.17, 15) is 4.79 Å². The number of hydrogen-bond donors (Lipinski definition) is 2. The van der Waals surface area contributed by atoms with Crippen molar-refractivity contribution in [3.8, 4) is 0 Å². The Morgan fingerprint density at radius 1 is 1.29 bits per heavy atom. The monoisotopic (exact) mass is 351 g/mol. The number of amides is 1. The lowest BCUT2D eigenvalue weighted by Crippen LogP contribution is -2.50. The second kappa shape index (κ2) is 5.38. The molecule has 0 spiro atoms. The van der Waals surface area contributed by atoms with Gasteiger partial charge in [-0.25, -0.2) is 0 Å². The van der Waals surface area contributed by atoms with Crippen LogP contribution in [0.2, 0.25) is 0 Å². The van der Waals surface area contributed by atoms with Crippen molar-refractivity contribution in [2.45, 2.75) is 31.3 Å². The highest BCUT2D eigenvalue weighted by atomic mass is 79.9. The average Bonchev–Trinajstić information content (AvgIpc) is 3.01. The number of halogens is 1. The van der Waals surface area contributed by atoms with Crippen molar-refractivity contribution < 1.29 is 4.79 Å². The lowest BCUT2D eigenvalue weighted by atomic mass is 9.91. The zero-order chi connectivity index (χ0) is 15.2. The molecular weight excluding hydrogens is 330 g/mol. The zero-order valence-corrected chi connectivity index (χ0v) is 13.8. The van der Waals surface area contributed by atoms with Gasteiger partial charge in [0.2, 0.25) is 5.91 Å². The van der Waals surface area contributed by atoms with Gasteiger partial charge in [-0.05, 0) is 49.3 Å². The van der Waals surface area contributed by atoms with Gasteiger partial charge in [0.25, 0.3) is 0 Å². The fourth-order valence-electron chi connectivity index (χ4n) is 3.72. The Hall–Kier alpha value is -0.910. The Labute approximate surface area is 134 Å². The molecule has 1 aromatic rings. The summed E-state index contributed by atoms with van der Waals surface area (Å²) in [6.07, 6.45) is 2.22. The fraction of sp³-hybridized carbons (Fsp3) is 0.562. The minimum atomic E-state index is -0.983. The van der Waals surface area contributed by atoms with Crippen LogP contribution in [-0.2, 0) is 10.3 Å². The molecule has 21 heavy (non-hydrogen) atoms. The molecule has 0 radical (unpaired) electrons. The largest absolute Gasteiger partial charge is 0.340 e. The molecule has 1 aromatic carbocycles. The number of benzene rings is 1. The van der Waals surface area contributed by atoms with Crippen molar-refractivity contribution in [1.29, 1.82) is 0 Å². The van der Waals surface area contributed by atoms with Gasteiger partial charge in [0, 0.05) is 23.6 Å². The molecule has 1 saturated carbocycles. The Bertz CT molecular complexity index is 543. The lowest BCUT2D eigenvalue weighted by molar-refractivity contribution is -0.136. The van der Waals surface area contributed by atoms with Gasteiger partial charge in [0.05, 0.1) is 0 Å². The SMILES string of the molecule is CC(N)(C(=O)N1CC2CCC(N)C2C1)c1ccc(Br)cc1. The summed E-state index contributed by atoms with van der Waals surface area (Å²) >= 11 is 3.40. The quantitative estimate of drug-likeness (QED) is 0.853. The summed E-state index contributed by atoms with van der Waals surface area (Å²) in [6, 6.07) is 7.89. The van der Waals surface area contributed by atoms with Gasteiger partial charge in [-0.1, -0.05) is 28.1 Å². The van der Waals surface area contributed by atoms with Crippen molar-refractivity contribution in [3.05, 3.63) is 34.3 Å². The van der Waals surface area contributed by atoms with E-state index in [4.69, 9.17) is 11.5 Å². The summed E-state index contributed by atoms with van der Waals surface area (Å²) in [6.45, 7) is 3.36. The topological polar surface area (TPSA) is 72.4 Å². The second-order valence-electron chi connectivity index (χ2n) is 6.58. The van der Waals surface area contributed by atoms with Crippen molar-refractivity contribution in [3.63, 3.8) is 0 Å². The molecule has 1 heterocycles. The molecule has 5 heteroatoms. The van der Waals surface area contributed by atoms with E-state index in [1.807, 2.05) is 29.2 Å². The second-order valence-corrected chi connectivity index (χ2v) is 7.50. The lowest BCUT2D eigenvalue weighted by Gasteiger charge is -2.30. The highest BCUT2D eigenvalue weighted by Gasteiger charge is 2.45. The first kappa shape index (κ1) is 15.0. The number of hydrogen-bond acceptors (Lipinski definition) is 3. The van der Waals surface area contributed by atoms with E-state index in [-0.39, 0.29) is 11.9 Å². The third-order valence-corrected chi connectivity index (χ3v) is 5.62. The summed E-state index contributed by atoms with van der Waals surface area (Å²) in [5, 5.41) is 0. The molecule has 1 aliphatic carbocycles. The normalized spacial score (nSPS) is 31.0. The van der Waals surface area contributed by atoms with Gasteiger partial charge >= 0.3 is 0 Å². The van der Waals surface area contributed by atoms with Gasteiger partial charge in [-0.3, -0.25) is 4.79 Å². The number of likely N-dealkylation sites (tertiary alicyclic amines) is 1. The molecule has 2 aliphatic rings. The fourth-order valence-corrected chi connectivity index (χ4v) is 3.99. The molecule has 1 amide bonds. The molecule has 0 bridgehead atoms. The molecule has 2 fully saturated rings. The van der Waals surface area contributed by atoms with Gasteiger partial charge < -0.3 is 16.4 Å². The van der Waals surface area contributed by atoms with Crippen LogP contribution in [0.4, 0.5) is 0 Å². The summed E-state index contributed by atoms with van der Waals surface area (Å²) in [5.41, 5.74) is 12.4. The van der Waals surface area contributed by atoms with Crippen LogP contribution < -0.4 is 11.5 Å². The van der Waals surface area contributed by atoms with Gasteiger partial charge in [-0.15, -0.1) is 0 Å². The van der Waals surface area contributed by atoms with Gasteiger partial charge in [-0.2, -0.15) is 0 Å². The Kier molecular flexibility index (Phi) is 3.84. The molecule has 1 saturated heterocycles. The van der Waals surface area contributed by atoms with E-state index in [0.717, 1.165) is 36.0 Å². The average molecular weight is 352 g/mol. The van der Waals surface area contributed by atoms with Crippen molar-refractivity contribution in [2.24, 2.45) is 23.3 Å². The van der Waals surface area contributed by atoms with Crippen LogP contribution in [0.15, 0.2) is 28.7 Å². The van der Waals surface area contributed by atoms with Crippen LogP contribution in [-0.4, -0.2) is 29.9 Å². The third kappa shape index (κ3) is 2.62. The smallest absolute Gasteiger partial charge is 0.246 e. The Morgan fingerprint density at radius 3 is 2.57 bits per heavy atom. The number of nitrogens with two attached hydrogens (primary N) is 2. The minimum Gasteiger partial charge on any atom is -0.340 e. The third-order valence-electron chi connectivity index (χ3n) is 5.09. The zero-order valence-electron chi connectivity index (χ0n) is 12.3. The standard InChI is InChI=1S/C16H22BrN3O/c1-16(19,11-3-5-12(17)6-4-11)15(21)20-8-10-2-7-14(18)13(10)9-20/h3-6,10,13-14H,2,7-9,18-19H2,1H3. The summed E-state index contributed by atoms with van der Waals surface area (Å²) in [4.78, 5) is 14.8. The van der Waals surface area contributed by atoms with Gasteiger partial charge in [0.15, 0.2) is 0 Å². The molecule has 4 nitrogen and oxygen atoms in total. The highest BCUT2D eigenvalue weighted by Crippen LogP contribution is 2.38. The number of fused-ring (bicyclic) bond motifs is 1. The Balaban J connectivity index is 1.77. The van der Waals surface area contributed by atoms with Crippen LogP contribution >= 0.6 is 15.9 Å². The molecule has 114 valence electrons. The van der Waals surface area contributed by atoms with Crippen LogP contribution in [0.1, 0.15) is 25.3 Å². The van der Waals surface area contributed by atoms with Crippen LogP contribution in [0, 0.1) is 11.8 Å². The maximum Gasteiger partial charge on any atom is 0.246 e. The summed E-state index contributed by atoms with van der Waals surface area (Å²) < 4.78 is 0.983. The first-order valence-corrected chi connectivity index (χ1v) is 8.29. The summed E-state index contributed by atoms with van der Waals surface area (Å²) in [5.74, 6) is 1.02. The van der Waals surface area contributed by atoms with E-state index < -0.39 is 5.54 Å². The van der Waals surface area contributed by atoms with Crippen molar-refractivity contribution in [1.82, 2.24) is 4.90 Å². The molecule has 3 rings (SSSR count). The molecule has 4 N–H and O–H groups in total. The number of rotatable bonds is 2. The van der Waals surface area contributed by atoms with Crippen LogP contribution in [0.3, 0.4) is 0 Å². The number of carbonyl (C=O) groups is 1. The molecule has 0 aromatic heterocycles. The Morgan fingerprint density at radius 2 is 1.95 bits per heavy atom. The van der Waals surface area contributed by atoms with E-state index in [1.165, 1.54) is 0 Å². The van der Waals surface area contributed by atoms with E-state index in [2.05, 4.69) is 15.9 Å². The van der Waals surface area contributed by atoms with Crippen molar-refractivity contribution in [2.75, 3.05) is 13.1 Å². The van der Waals surface area contributed by atoms with Gasteiger partial charge in [0.1, 0.15) is 5.54 Å². The van der Waals surface area contributed by atoms with Crippen molar-refractivity contribution >= 4 is 21.8 Å². The molecule has 4 atom stereocenters. The van der Waals surface area contributed by atoms with E-state index >= 15 is 0 Å². The predicted molar refractivity (Wildman–Crippen MR) is 86.5 cm³/mol. The highest BCUT2D eigenvalue weighted by molar-refractivity contribution is 9.10. The van der Waals surface area contributed by atoms with E-state index in [0.29, 0.717) is 11.8 Å². The predicted octanol–water partition coefficient (Wildman–Crippen LogP) is 1.82. The van der Waals surface area contributed by atoms with Crippen LogP contribution in [0.25, 0.3) is 0 Å². The van der Waals surface area contributed by atoms with E-state index in [1.54, 1.807) is 6.92 Å². The minimum absolute atomic E-state index is 0.00595. The number of nitrogens with zero attached hydrogens (tertiary/aromatic N) is 1. The number of carbonyl (C=O) groups excluding carboxylic acids is 1. The summed E-state index contributed by atoms with van der Waals surface area (Å²) in [7, 11) is 0. The molecule has 4 unspecified atom stereocenters. The molecule has 1 aliphatic heterocycles. The first-order chi connectivity index (χ1) is 9.89. The first-order valence-electron chi connectivity index (χ1n) is 7.49.